The van der Waals surface area contributed by atoms with Gasteiger partial charge in [-0.15, -0.1) is 0 Å². The number of para-hydroxylation sites is 1. The minimum Gasteiger partial charge on any atom is -0.351 e. The molecule has 23 heavy (non-hydrogen) atoms. The molecule has 3 rings (SSSR count). The third kappa shape index (κ3) is 2.67. The van der Waals surface area contributed by atoms with Crippen molar-refractivity contribution in [1.82, 2.24) is 0 Å². The molecule has 0 atom stereocenters. The van der Waals surface area contributed by atoms with E-state index in [1.54, 1.807) is 42.5 Å². The van der Waals surface area contributed by atoms with Crippen molar-refractivity contribution in [2.75, 3.05) is 5.32 Å². The number of benzene rings is 2. The molecular weight excluding hydrogens is 316 g/mol. The Kier molecular flexibility index (Phi) is 3.59. The summed E-state index contributed by atoms with van der Waals surface area (Å²) in [5.74, 6) is -1.38. The zero-order valence-corrected chi connectivity index (χ0v) is 12.6. The van der Waals surface area contributed by atoms with Crippen LogP contribution in [0.5, 0.6) is 0 Å². The first-order chi connectivity index (χ1) is 10.9. The van der Waals surface area contributed by atoms with Gasteiger partial charge in [-0.25, -0.2) is 13.6 Å². The molecule has 6 nitrogen and oxygen atoms in total. The first kappa shape index (κ1) is 15.1. The average Bonchev–Trinajstić information content (AvgIpc) is 2.52. The lowest BCUT2D eigenvalue weighted by molar-refractivity contribution is 0.0981. The zero-order chi connectivity index (χ0) is 16.6. The van der Waals surface area contributed by atoms with Gasteiger partial charge in [0.2, 0.25) is 21.6 Å². The second kappa shape index (κ2) is 5.45. The Morgan fingerprint density at radius 1 is 0.783 bits per heavy atom. The fourth-order valence-electron chi connectivity index (χ4n) is 2.40. The van der Waals surface area contributed by atoms with Gasteiger partial charge in [0.15, 0.2) is 4.91 Å². The number of carbonyl (C=O) groups excluding carboxylic acids is 2. The van der Waals surface area contributed by atoms with Crippen LogP contribution >= 0.6 is 0 Å². The van der Waals surface area contributed by atoms with E-state index >= 15 is 0 Å². The molecule has 2 aromatic rings. The van der Waals surface area contributed by atoms with E-state index in [0.717, 1.165) is 0 Å². The second-order valence-corrected chi connectivity index (χ2v) is 6.44. The maximum absolute atomic E-state index is 12.6. The second-order valence-electron chi connectivity index (χ2n) is 4.94. The monoisotopic (exact) mass is 328 g/mol. The molecule has 7 heteroatoms. The van der Waals surface area contributed by atoms with Gasteiger partial charge in [0.1, 0.15) is 5.70 Å². The Morgan fingerprint density at radius 2 is 1.30 bits per heavy atom. The number of carbonyl (C=O) groups is 2. The number of hydrogen-bond donors (Lipinski definition) is 2. The number of allylic oxidation sites excluding steroid dienone is 2. The number of anilines is 1. The minimum absolute atomic E-state index is 0.0279. The summed E-state index contributed by atoms with van der Waals surface area (Å²) >= 11 is 0. The summed E-state index contributed by atoms with van der Waals surface area (Å²) in [4.78, 5) is 24.4. The summed E-state index contributed by atoms with van der Waals surface area (Å²) in [6.07, 6.45) is 0. The van der Waals surface area contributed by atoms with E-state index in [4.69, 9.17) is 5.14 Å². The molecular formula is C16H12N2O4S. The van der Waals surface area contributed by atoms with Crippen molar-refractivity contribution in [1.29, 1.82) is 0 Å². The Balaban J connectivity index is 2.23. The van der Waals surface area contributed by atoms with Crippen molar-refractivity contribution in [3.63, 3.8) is 0 Å². The topological polar surface area (TPSA) is 106 Å². The molecule has 116 valence electrons. The van der Waals surface area contributed by atoms with E-state index in [1.165, 1.54) is 12.1 Å². The van der Waals surface area contributed by atoms with Crippen LogP contribution < -0.4 is 10.5 Å². The van der Waals surface area contributed by atoms with Gasteiger partial charge < -0.3 is 5.32 Å². The van der Waals surface area contributed by atoms with Gasteiger partial charge in [-0.1, -0.05) is 42.5 Å². The molecule has 0 spiro atoms. The Hall–Kier alpha value is -2.77. The molecule has 0 aromatic heterocycles. The van der Waals surface area contributed by atoms with Crippen LogP contribution in [-0.2, 0) is 10.0 Å². The van der Waals surface area contributed by atoms with E-state index in [1.807, 2.05) is 0 Å². The average molecular weight is 328 g/mol. The van der Waals surface area contributed by atoms with Crippen molar-refractivity contribution in [2.24, 2.45) is 5.14 Å². The van der Waals surface area contributed by atoms with Gasteiger partial charge in [0.05, 0.1) is 0 Å². The maximum Gasteiger partial charge on any atom is 0.244 e. The number of Topliss-reactive ketones (excluding diaryl/α,β-unsaturated/α-hetero) is 2. The van der Waals surface area contributed by atoms with Crippen LogP contribution in [0, 0.1) is 0 Å². The highest BCUT2D eigenvalue weighted by molar-refractivity contribution is 7.94. The summed E-state index contributed by atoms with van der Waals surface area (Å²) in [5, 5.41) is 7.87. The minimum atomic E-state index is -4.37. The normalized spacial score (nSPS) is 14.7. The molecule has 3 N–H and O–H groups in total. The van der Waals surface area contributed by atoms with Crippen LogP contribution in [0.4, 0.5) is 5.69 Å². The fourth-order valence-corrected chi connectivity index (χ4v) is 3.20. The van der Waals surface area contributed by atoms with Crippen molar-refractivity contribution in [3.05, 3.63) is 76.3 Å². The first-order valence-electron chi connectivity index (χ1n) is 6.67. The number of nitrogens with one attached hydrogen (secondary N) is 1. The first-order valence-corrected chi connectivity index (χ1v) is 8.22. The number of hydrogen-bond acceptors (Lipinski definition) is 5. The fraction of sp³-hybridized carbons (Fsp3) is 0. The number of sulfonamides is 1. The molecule has 0 heterocycles. The Morgan fingerprint density at radius 3 is 1.87 bits per heavy atom. The van der Waals surface area contributed by atoms with Crippen molar-refractivity contribution < 1.29 is 18.0 Å². The lowest BCUT2D eigenvalue weighted by atomic mass is 9.92. The Labute approximate surface area is 132 Å². The highest BCUT2D eigenvalue weighted by atomic mass is 32.2. The number of primary sulfonamides is 1. The molecule has 1 aliphatic rings. The largest absolute Gasteiger partial charge is 0.351 e. The number of fused-ring (bicyclic) bond motifs is 1. The molecule has 0 saturated carbocycles. The van der Waals surface area contributed by atoms with Crippen LogP contribution in [0.3, 0.4) is 0 Å². The van der Waals surface area contributed by atoms with Gasteiger partial charge in [-0.2, -0.15) is 0 Å². The van der Waals surface area contributed by atoms with Crippen molar-refractivity contribution >= 4 is 27.3 Å². The summed E-state index contributed by atoms with van der Waals surface area (Å²) < 4.78 is 23.7. The number of rotatable bonds is 3. The van der Waals surface area contributed by atoms with Crippen LogP contribution in [-0.4, -0.2) is 20.0 Å². The standard InChI is InChI=1S/C16H12N2O4S/c17-23(21,22)16-13(18-10-6-2-1-3-7-10)14(19)11-8-4-5-9-12(11)15(16)20/h1-9,18H,(H2,17,21,22). The summed E-state index contributed by atoms with van der Waals surface area (Å²) in [5.41, 5.74) is 0.315. The van der Waals surface area contributed by atoms with Crippen LogP contribution in [0.25, 0.3) is 0 Å². The molecule has 1 aliphatic carbocycles. The zero-order valence-electron chi connectivity index (χ0n) is 11.8. The molecule has 0 radical (unpaired) electrons. The predicted molar refractivity (Wildman–Crippen MR) is 85.3 cm³/mol. The Bertz CT molecular complexity index is 947. The number of ketones is 2. The van der Waals surface area contributed by atoms with Crippen LogP contribution in [0.15, 0.2) is 65.2 Å². The molecule has 0 saturated heterocycles. The molecule has 0 unspecified atom stereocenters. The van der Waals surface area contributed by atoms with E-state index in [9.17, 15) is 18.0 Å². The van der Waals surface area contributed by atoms with E-state index in [-0.39, 0.29) is 16.8 Å². The molecule has 0 bridgehead atoms. The smallest absolute Gasteiger partial charge is 0.244 e. The van der Waals surface area contributed by atoms with Crippen molar-refractivity contribution in [2.45, 2.75) is 0 Å². The van der Waals surface area contributed by atoms with E-state index in [2.05, 4.69) is 5.32 Å². The molecule has 0 amide bonds. The van der Waals surface area contributed by atoms with Gasteiger partial charge in [-0.05, 0) is 12.1 Å². The van der Waals surface area contributed by atoms with Crippen LogP contribution in [0.2, 0.25) is 0 Å². The van der Waals surface area contributed by atoms with Crippen LogP contribution in [0.1, 0.15) is 20.7 Å². The lowest BCUT2D eigenvalue weighted by Gasteiger charge is -2.20. The molecule has 2 aromatic carbocycles. The maximum atomic E-state index is 12.6. The van der Waals surface area contributed by atoms with E-state index in [0.29, 0.717) is 5.69 Å². The third-order valence-electron chi connectivity index (χ3n) is 3.40. The summed E-state index contributed by atoms with van der Waals surface area (Å²) in [6.45, 7) is 0. The van der Waals surface area contributed by atoms with Gasteiger partial charge in [0, 0.05) is 16.8 Å². The van der Waals surface area contributed by atoms with Crippen molar-refractivity contribution in [3.8, 4) is 0 Å². The summed E-state index contributed by atoms with van der Waals surface area (Å²) in [7, 11) is -4.37. The van der Waals surface area contributed by atoms with Gasteiger partial charge >= 0.3 is 0 Å². The van der Waals surface area contributed by atoms with Gasteiger partial charge in [0.25, 0.3) is 0 Å². The highest BCUT2D eigenvalue weighted by Gasteiger charge is 2.37. The lowest BCUT2D eigenvalue weighted by Crippen LogP contribution is -2.32. The van der Waals surface area contributed by atoms with E-state index < -0.39 is 26.5 Å². The quantitative estimate of drug-likeness (QED) is 0.891. The molecule has 0 aliphatic heterocycles. The third-order valence-corrected chi connectivity index (χ3v) is 4.36. The highest BCUT2D eigenvalue weighted by Crippen LogP contribution is 2.29. The number of nitrogens with two attached hydrogens (primary N) is 1. The molecule has 0 fully saturated rings. The van der Waals surface area contributed by atoms with Gasteiger partial charge in [-0.3, -0.25) is 9.59 Å². The SMILES string of the molecule is NS(=O)(=O)C1=C(Nc2ccccc2)C(=O)c2ccccc2C1=O. The summed E-state index contributed by atoms with van der Waals surface area (Å²) in [6, 6.07) is 14.5. The predicted octanol–water partition coefficient (Wildman–Crippen LogP) is 1.68.